The Labute approximate surface area is 49.0 Å². The number of rotatable bonds is 2. The predicted octanol–water partition coefficient (Wildman–Crippen LogP) is 1.06. The van der Waals surface area contributed by atoms with Crippen LogP contribution in [0.4, 0.5) is 0 Å². The Balaban J connectivity index is 3.63. The highest BCUT2D eigenvalue weighted by Crippen LogP contribution is 1.58. The lowest BCUT2D eigenvalue weighted by atomic mass is 10.6. The van der Waals surface area contributed by atoms with Crippen molar-refractivity contribution in [2.24, 2.45) is 9.98 Å². The number of aliphatic imine (C=N–C) groups is 2. The zero-order valence-electron chi connectivity index (χ0n) is 4.83. The van der Waals surface area contributed by atoms with Crippen molar-refractivity contribution in [1.29, 1.82) is 0 Å². The van der Waals surface area contributed by atoms with Crippen molar-refractivity contribution in [2.45, 2.75) is 0 Å². The van der Waals surface area contributed by atoms with E-state index in [2.05, 4.69) is 22.4 Å². The van der Waals surface area contributed by atoms with Gasteiger partial charge < -0.3 is 0 Å². The van der Waals surface area contributed by atoms with E-state index in [9.17, 15) is 0 Å². The van der Waals surface area contributed by atoms with Crippen LogP contribution in [0.25, 0.3) is 0 Å². The van der Waals surface area contributed by atoms with Gasteiger partial charge in [-0.2, -0.15) is 4.99 Å². The normalized spacial score (nSPS) is 8.12. The molecule has 0 spiro atoms. The number of hydrogen-bond donors (Lipinski definition) is 0. The first-order chi connectivity index (χ1) is 3.91. The van der Waals surface area contributed by atoms with Crippen molar-refractivity contribution in [3.8, 4) is 0 Å². The van der Waals surface area contributed by atoms with Crippen molar-refractivity contribution in [3.63, 3.8) is 0 Å². The van der Waals surface area contributed by atoms with E-state index in [1.54, 1.807) is 19.2 Å². The van der Waals surface area contributed by atoms with Crippen LogP contribution in [0.3, 0.4) is 0 Å². The molecule has 0 radical (unpaired) electrons. The maximum Gasteiger partial charge on any atom is 0.119 e. The average molecular weight is 108 g/mol. The second kappa shape index (κ2) is 5.86. The third-order valence-electron chi connectivity index (χ3n) is 0.440. The molecule has 0 aromatic carbocycles. The molecule has 0 fully saturated rings. The third kappa shape index (κ3) is 4.86. The van der Waals surface area contributed by atoms with Crippen molar-refractivity contribution in [1.82, 2.24) is 0 Å². The SMILES string of the molecule is C=CC=C=NC=NC. The summed E-state index contributed by atoms with van der Waals surface area (Å²) in [6.45, 7) is 3.44. The van der Waals surface area contributed by atoms with Gasteiger partial charge in [0.15, 0.2) is 0 Å². The molecule has 0 heterocycles. The Kier molecular flexibility index (Phi) is 5.02. The summed E-state index contributed by atoms with van der Waals surface area (Å²) in [6.07, 6.45) is 4.63. The average Bonchev–Trinajstić information content (AvgIpc) is 1.81. The number of nitrogens with zero attached hydrogens (tertiary/aromatic N) is 2. The lowest BCUT2D eigenvalue weighted by molar-refractivity contribution is 1.45. The summed E-state index contributed by atoms with van der Waals surface area (Å²) < 4.78 is 0. The van der Waals surface area contributed by atoms with E-state index in [1.165, 1.54) is 6.34 Å². The Morgan fingerprint density at radius 1 is 1.62 bits per heavy atom. The summed E-state index contributed by atoms with van der Waals surface area (Å²) in [5.41, 5.74) is 0. The second-order valence-electron chi connectivity index (χ2n) is 1.03. The van der Waals surface area contributed by atoms with E-state index >= 15 is 0 Å². The van der Waals surface area contributed by atoms with Crippen LogP contribution in [0.2, 0.25) is 0 Å². The highest BCUT2D eigenvalue weighted by Gasteiger charge is 1.51. The maximum absolute atomic E-state index is 3.61. The molecule has 0 saturated carbocycles. The minimum atomic E-state index is 1.42. The summed E-state index contributed by atoms with van der Waals surface area (Å²) in [5, 5.41) is 0. The predicted molar refractivity (Wildman–Crippen MR) is 36.6 cm³/mol. The van der Waals surface area contributed by atoms with Crippen LogP contribution in [0.5, 0.6) is 0 Å². The Morgan fingerprint density at radius 3 is 2.88 bits per heavy atom. The van der Waals surface area contributed by atoms with E-state index in [1.807, 2.05) is 0 Å². The zero-order valence-corrected chi connectivity index (χ0v) is 4.83. The summed E-state index contributed by atoms with van der Waals surface area (Å²) >= 11 is 0. The van der Waals surface area contributed by atoms with E-state index in [0.29, 0.717) is 0 Å². The van der Waals surface area contributed by atoms with Crippen molar-refractivity contribution < 1.29 is 0 Å². The Bertz CT molecular complexity index is 139. The van der Waals surface area contributed by atoms with Crippen LogP contribution >= 0.6 is 0 Å². The molecular weight excluding hydrogens is 100 g/mol. The van der Waals surface area contributed by atoms with Gasteiger partial charge in [0, 0.05) is 7.05 Å². The molecule has 0 atom stereocenters. The largest absolute Gasteiger partial charge is 0.276 e. The van der Waals surface area contributed by atoms with Crippen LogP contribution in [0, 0.1) is 0 Å². The summed E-state index contributed by atoms with van der Waals surface area (Å²) in [5.74, 6) is 2.57. The van der Waals surface area contributed by atoms with Crippen molar-refractivity contribution >= 4 is 12.2 Å². The summed E-state index contributed by atoms with van der Waals surface area (Å²) in [4.78, 5) is 7.21. The lowest BCUT2D eigenvalue weighted by Gasteiger charge is -1.62. The lowest BCUT2D eigenvalue weighted by Crippen LogP contribution is -1.59. The summed E-state index contributed by atoms with van der Waals surface area (Å²) in [6, 6.07) is 0. The van der Waals surface area contributed by atoms with Crippen LogP contribution in [-0.2, 0) is 0 Å². The molecule has 0 aromatic rings. The fraction of sp³-hybridized carbons (Fsp3) is 0.167. The quantitative estimate of drug-likeness (QED) is 0.287. The fourth-order valence-electron chi connectivity index (χ4n) is 0.187. The molecule has 0 N–H and O–H groups in total. The van der Waals surface area contributed by atoms with Crippen molar-refractivity contribution in [3.05, 3.63) is 18.7 Å². The van der Waals surface area contributed by atoms with Crippen LogP contribution < -0.4 is 0 Å². The van der Waals surface area contributed by atoms with Crippen LogP contribution in [0.1, 0.15) is 0 Å². The molecule has 0 amide bonds. The van der Waals surface area contributed by atoms with E-state index in [0.717, 1.165) is 0 Å². The van der Waals surface area contributed by atoms with Gasteiger partial charge >= 0.3 is 0 Å². The van der Waals surface area contributed by atoms with Gasteiger partial charge in [-0.15, -0.1) is 0 Å². The summed E-state index contributed by atoms with van der Waals surface area (Å²) in [7, 11) is 1.65. The first-order valence-corrected chi connectivity index (χ1v) is 2.22. The van der Waals surface area contributed by atoms with Gasteiger partial charge in [0.2, 0.25) is 0 Å². The van der Waals surface area contributed by atoms with Crippen LogP contribution in [0.15, 0.2) is 28.7 Å². The van der Waals surface area contributed by atoms with Gasteiger partial charge in [-0.3, -0.25) is 4.99 Å². The standard InChI is InChI=1S/C6H8N2/c1-3-4-5-8-6-7-2/h3-4,6H,1H2,2H3. The molecular formula is C6H8N2. The van der Waals surface area contributed by atoms with Gasteiger partial charge in [0.25, 0.3) is 0 Å². The van der Waals surface area contributed by atoms with Gasteiger partial charge in [-0.1, -0.05) is 12.7 Å². The third-order valence-corrected chi connectivity index (χ3v) is 0.440. The second-order valence-corrected chi connectivity index (χ2v) is 1.03. The molecule has 0 aliphatic rings. The molecule has 2 heteroatoms. The molecule has 0 saturated heterocycles. The van der Waals surface area contributed by atoms with Gasteiger partial charge in [-0.25, -0.2) is 0 Å². The van der Waals surface area contributed by atoms with E-state index in [-0.39, 0.29) is 0 Å². The molecule has 0 aliphatic heterocycles. The van der Waals surface area contributed by atoms with Gasteiger partial charge in [-0.05, 0) is 11.9 Å². The van der Waals surface area contributed by atoms with E-state index in [4.69, 9.17) is 0 Å². The number of hydrogen-bond acceptors (Lipinski definition) is 1. The molecule has 0 aromatic heterocycles. The maximum atomic E-state index is 3.61. The fourth-order valence-corrected chi connectivity index (χ4v) is 0.187. The molecule has 0 aliphatic carbocycles. The Hall–Kier alpha value is -1.14. The first-order valence-electron chi connectivity index (χ1n) is 2.22. The van der Waals surface area contributed by atoms with Crippen LogP contribution in [-0.4, -0.2) is 19.3 Å². The topological polar surface area (TPSA) is 24.7 Å². The highest BCUT2D eigenvalue weighted by molar-refractivity contribution is 5.69. The highest BCUT2D eigenvalue weighted by atomic mass is 14.8. The first kappa shape index (κ1) is 6.86. The minimum absolute atomic E-state index is 1.42. The molecule has 0 rings (SSSR count). The molecule has 2 nitrogen and oxygen atoms in total. The molecule has 0 bridgehead atoms. The Morgan fingerprint density at radius 2 is 2.38 bits per heavy atom. The van der Waals surface area contributed by atoms with Crippen molar-refractivity contribution in [2.75, 3.05) is 7.05 Å². The van der Waals surface area contributed by atoms with E-state index < -0.39 is 0 Å². The molecule has 0 unspecified atom stereocenters. The monoisotopic (exact) mass is 108 g/mol. The molecule has 42 valence electrons. The zero-order chi connectivity index (χ0) is 6.24. The van der Waals surface area contributed by atoms with Gasteiger partial charge in [0.1, 0.15) is 6.34 Å². The van der Waals surface area contributed by atoms with Gasteiger partial charge in [0.05, 0.1) is 0 Å². The number of allylic oxidation sites excluding steroid dienone is 2. The smallest absolute Gasteiger partial charge is 0.119 e. The molecule has 8 heavy (non-hydrogen) atoms. The minimum Gasteiger partial charge on any atom is -0.276 e.